The van der Waals surface area contributed by atoms with Gasteiger partial charge in [0.25, 0.3) is 0 Å². The minimum Gasteiger partial charge on any atom is -0.493 e. The van der Waals surface area contributed by atoms with E-state index in [9.17, 15) is 18.4 Å². The third kappa shape index (κ3) is 4.71. The number of carbonyl (C=O) groups is 2. The van der Waals surface area contributed by atoms with Crippen molar-refractivity contribution in [2.24, 2.45) is 10.4 Å². The van der Waals surface area contributed by atoms with Crippen molar-refractivity contribution >= 4 is 34.1 Å². The number of benzene rings is 1. The van der Waals surface area contributed by atoms with Gasteiger partial charge >= 0.3 is 18.2 Å². The van der Waals surface area contributed by atoms with Crippen LogP contribution in [0.5, 0.6) is 5.75 Å². The van der Waals surface area contributed by atoms with E-state index in [-0.39, 0.29) is 19.2 Å². The second-order valence-corrected chi connectivity index (χ2v) is 12.2. The van der Waals surface area contributed by atoms with Gasteiger partial charge in [0.15, 0.2) is 0 Å². The Balaban J connectivity index is 1.82. The largest absolute Gasteiger partial charge is 0.493 e. The summed E-state index contributed by atoms with van der Waals surface area (Å²) in [7, 11) is 0. The molecular weight excluding hydrogens is 530 g/mol. The third-order valence-corrected chi connectivity index (χ3v) is 6.50. The molecule has 1 aromatic carbocycles. The lowest BCUT2D eigenvalue weighted by molar-refractivity contribution is -0.210. The molecule has 0 saturated heterocycles. The third-order valence-electron chi connectivity index (χ3n) is 6.00. The first kappa shape index (κ1) is 25.7. The molecule has 1 aliphatic carbocycles. The molecule has 2 spiro atoms. The fourth-order valence-corrected chi connectivity index (χ4v) is 5.03. The highest BCUT2D eigenvalue weighted by Crippen LogP contribution is 2.66. The van der Waals surface area contributed by atoms with Crippen LogP contribution in [-0.4, -0.2) is 53.4 Å². The SMILES string of the molecule is CC(C)(C)OC(=O)N(C(=O)OC(C)(C)C)C1=NC2(CO1)c1cc(Br)ccc1OCC21CC(F)(F)C1. The zero-order valence-electron chi connectivity index (χ0n) is 20.5. The Morgan fingerprint density at radius 1 is 1.00 bits per heavy atom. The van der Waals surface area contributed by atoms with E-state index in [2.05, 4.69) is 20.9 Å². The van der Waals surface area contributed by atoms with Gasteiger partial charge in [-0.2, -0.15) is 0 Å². The summed E-state index contributed by atoms with van der Waals surface area (Å²) in [6.45, 7) is 9.72. The van der Waals surface area contributed by atoms with Crippen LogP contribution in [0.2, 0.25) is 0 Å². The molecule has 0 aromatic heterocycles. The summed E-state index contributed by atoms with van der Waals surface area (Å²) < 4.78 is 51.7. The van der Waals surface area contributed by atoms with Crippen LogP contribution in [0.15, 0.2) is 27.7 Å². The van der Waals surface area contributed by atoms with Gasteiger partial charge in [-0.25, -0.2) is 23.4 Å². The summed E-state index contributed by atoms with van der Waals surface area (Å²) >= 11 is 3.43. The monoisotopic (exact) mass is 558 g/mol. The quantitative estimate of drug-likeness (QED) is 0.387. The number of rotatable bonds is 0. The predicted molar refractivity (Wildman–Crippen MR) is 126 cm³/mol. The molecule has 35 heavy (non-hydrogen) atoms. The normalized spacial score (nSPS) is 24.0. The minimum atomic E-state index is -2.88. The molecule has 0 radical (unpaired) electrons. The number of imide groups is 1. The predicted octanol–water partition coefficient (Wildman–Crippen LogP) is 6.01. The molecule has 1 unspecified atom stereocenters. The smallest absolute Gasteiger partial charge is 0.428 e. The Hall–Kier alpha value is -2.43. The average Bonchev–Trinajstić information content (AvgIpc) is 3.07. The maximum atomic E-state index is 14.2. The zero-order chi connectivity index (χ0) is 26.0. The van der Waals surface area contributed by atoms with Crippen molar-refractivity contribution in [3.8, 4) is 5.75 Å². The fourth-order valence-electron chi connectivity index (χ4n) is 4.67. The van der Waals surface area contributed by atoms with Crippen molar-refractivity contribution in [1.82, 2.24) is 4.90 Å². The number of carbonyl (C=O) groups excluding carboxylic acids is 2. The number of nitrogens with zero attached hydrogens (tertiary/aromatic N) is 2. The van der Waals surface area contributed by atoms with Crippen molar-refractivity contribution in [2.45, 2.75) is 77.0 Å². The zero-order valence-corrected chi connectivity index (χ0v) is 22.1. The van der Waals surface area contributed by atoms with E-state index < -0.39 is 53.1 Å². The van der Waals surface area contributed by atoms with Gasteiger partial charge in [-0.3, -0.25) is 0 Å². The summed E-state index contributed by atoms with van der Waals surface area (Å²) in [6.07, 6.45) is -3.02. The maximum absolute atomic E-state index is 14.2. The highest BCUT2D eigenvalue weighted by Gasteiger charge is 2.71. The van der Waals surface area contributed by atoms with Crippen LogP contribution in [0.1, 0.15) is 59.9 Å². The molecule has 11 heteroatoms. The van der Waals surface area contributed by atoms with Crippen LogP contribution in [0.4, 0.5) is 18.4 Å². The van der Waals surface area contributed by atoms with Crippen LogP contribution in [0, 0.1) is 5.41 Å². The van der Waals surface area contributed by atoms with Gasteiger partial charge < -0.3 is 18.9 Å². The number of halogens is 3. The Morgan fingerprint density at radius 3 is 2.09 bits per heavy atom. The van der Waals surface area contributed by atoms with E-state index in [0.717, 1.165) is 0 Å². The van der Waals surface area contributed by atoms with Gasteiger partial charge in [0.05, 0.1) is 6.61 Å². The van der Waals surface area contributed by atoms with Gasteiger partial charge in [0.1, 0.15) is 29.1 Å². The van der Waals surface area contributed by atoms with Gasteiger partial charge in [-0.1, -0.05) is 15.9 Å². The average molecular weight is 559 g/mol. The molecule has 2 aliphatic heterocycles. The highest BCUT2D eigenvalue weighted by atomic mass is 79.9. The molecule has 3 aliphatic rings. The van der Waals surface area contributed by atoms with E-state index in [0.29, 0.717) is 20.7 Å². The standard InChI is InChI=1S/C24H29BrF2N2O6/c1-20(2,3)34-18(30)29(19(31)35-21(4,5)6)17-28-24(13-33-17)15-9-14(25)7-8-16(15)32-12-22(24)10-23(26,27)11-22/h7-9H,10-13H2,1-6H3. The van der Waals surface area contributed by atoms with E-state index >= 15 is 0 Å². The van der Waals surface area contributed by atoms with Gasteiger partial charge in [-0.05, 0) is 59.7 Å². The number of amidine groups is 1. The lowest BCUT2D eigenvalue weighted by atomic mass is 9.53. The van der Waals surface area contributed by atoms with Gasteiger partial charge in [0.2, 0.25) is 5.92 Å². The van der Waals surface area contributed by atoms with Crippen molar-refractivity contribution in [1.29, 1.82) is 0 Å². The summed E-state index contributed by atoms with van der Waals surface area (Å²) in [5.41, 5.74) is -3.70. The second kappa shape index (κ2) is 8.04. The summed E-state index contributed by atoms with van der Waals surface area (Å²) in [5, 5.41) is 0. The van der Waals surface area contributed by atoms with Crippen molar-refractivity contribution in [2.75, 3.05) is 13.2 Å². The molecular formula is C24H29BrF2N2O6. The Bertz CT molecular complexity index is 1060. The number of fused-ring (bicyclic) bond motifs is 3. The molecule has 4 rings (SSSR count). The molecule has 2 amide bonds. The number of alkyl halides is 2. The Labute approximate surface area is 211 Å². The Kier molecular flexibility index (Phi) is 5.89. The molecule has 1 saturated carbocycles. The van der Waals surface area contributed by atoms with Gasteiger partial charge in [-0.15, -0.1) is 4.90 Å². The molecule has 192 valence electrons. The van der Waals surface area contributed by atoms with Gasteiger partial charge in [0, 0.05) is 28.3 Å². The van der Waals surface area contributed by atoms with Crippen LogP contribution in [0.3, 0.4) is 0 Å². The minimum absolute atomic E-state index is 0.00373. The van der Waals surface area contributed by atoms with Crippen LogP contribution in [0.25, 0.3) is 0 Å². The molecule has 1 fully saturated rings. The fraction of sp³-hybridized carbons (Fsp3) is 0.625. The molecule has 8 nitrogen and oxygen atoms in total. The molecule has 1 aromatic rings. The maximum Gasteiger partial charge on any atom is 0.428 e. The number of amides is 2. The second-order valence-electron chi connectivity index (χ2n) is 11.3. The Morgan fingerprint density at radius 2 is 1.57 bits per heavy atom. The van der Waals surface area contributed by atoms with Crippen molar-refractivity contribution in [3.63, 3.8) is 0 Å². The summed E-state index contributed by atoms with van der Waals surface area (Å²) in [6, 6.07) is 4.87. The topological polar surface area (TPSA) is 86.7 Å². The van der Waals surface area contributed by atoms with E-state index in [1.807, 2.05) is 0 Å². The molecule has 0 bridgehead atoms. The number of aliphatic imine (C=N–C) groups is 1. The molecule has 2 heterocycles. The molecule has 1 atom stereocenters. The first-order chi connectivity index (χ1) is 16.0. The van der Waals surface area contributed by atoms with Crippen LogP contribution >= 0.6 is 15.9 Å². The molecule has 0 N–H and O–H groups in total. The van der Waals surface area contributed by atoms with E-state index in [1.54, 1.807) is 59.7 Å². The lowest BCUT2D eigenvalue weighted by Crippen LogP contribution is -2.63. The first-order valence-electron chi connectivity index (χ1n) is 11.3. The first-order valence-corrected chi connectivity index (χ1v) is 12.0. The van der Waals surface area contributed by atoms with Crippen LogP contribution < -0.4 is 4.74 Å². The van der Waals surface area contributed by atoms with E-state index in [4.69, 9.17) is 18.9 Å². The van der Waals surface area contributed by atoms with E-state index in [1.165, 1.54) is 0 Å². The number of ether oxygens (including phenoxy) is 4. The lowest BCUT2D eigenvalue weighted by Gasteiger charge is -2.57. The van der Waals surface area contributed by atoms with Crippen molar-refractivity contribution in [3.05, 3.63) is 28.2 Å². The number of hydrogen-bond donors (Lipinski definition) is 0. The summed E-state index contributed by atoms with van der Waals surface area (Å²) in [4.78, 5) is 31.4. The highest BCUT2D eigenvalue weighted by molar-refractivity contribution is 9.10. The van der Waals surface area contributed by atoms with Crippen molar-refractivity contribution < 1.29 is 37.3 Å². The summed E-state index contributed by atoms with van der Waals surface area (Å²) in [5.74, 6) is -2.41. The number of hydrogen-bond acceptors (Lipinski definition) is 7. The van der Waals surface area contributed by atoms with Crippen LogP contribution in [-0.2, 0) is 19.7 Å².